The first-order valence-electron chi connectivity index (χ1n) is 11.0. The van der Waals surface area contributed by atoms with Crippen molar-refractivity contribution >= 4 is 42.2 Å². The van der Waals surface area contributed by atoms with E-state index in [4.69, 9.17) is 11.5 Å². The molecule has 12 nitrogen and oxygen atoms in total. The third kappa shape index (κ3) is 9.83. The molecule has 35 heavy (non-hydrogen) atoms. The van der Waals surface area contributed by atoms with Gasteiger partial charge in [-0.05, 0) is 23.6 Å². The lowest BCUT2D eigenvalue weighted by molar-refractivity contribution is -0.144. The van der Waals surface area contributed by atoms with Crippen molar-refractivity contribution in [3.8, 4) is 5.75 Å². The molecule has 0 fully saturated rings. The SMILES string of the molecule is CCC(C)C(NC(=O)C(CC(N)=O)NC(=O)C(Cc1ccc(O)cc1)NC(=O)C(N)CS)C(=O)O. The Morgan fingerprint density at radius 2 is 1.51 bits per heavy atom. The van der Waals surface area contributed by atoms with Crippen molar-refractivity contribution in [2.45, 2.75) is 57.3 Å². The summed E-state index contributed by atoms with van der Waals surface area (Å²) < 4.78 is 0. The first-order valence-corrected chi connectivity index (χ1v) is 11.6. The minimum atomic E-state index is -1.48. The number of benzene rings is 1. The average Bonchev–Trinajstić information content (AvgIpc) is 2.81. The Balaban J connectivity index is 3.14. The molecule has 0 aliphatic rings. The number of phenols is 1. The molecular formula is C22H33N5O7S. The lowest BCUT2D eigenvalue weighted by atomic mass is 9.98. The number of carbonyl (C=O) groups is 5. The normalized spacial score (nSPS) is 15.1. The number of nitrogens with two attached hydrogens (primary N) is 2. The number of hydrogen-bond acceptors (Lipinski definition) is 8. The molecule has 5 atom stereocenters. The Morgan fingerprint density at radius 1 is 0.971 bits per heavy atom. The predicted molar refractivity (Wildman–Crippen MR) is 130 cm³/mol. The van der Waals surface area contributed by atoms with Gasteiger partial charge in [-0.25, -0.2) is 4.79 Å². The van der Waals surface area contributed by atoms with Crippen molar-refractivity contribution < 1.29 is 34.2 Å². The van der Waals surface area contributed by atoms with Crippen molar-refractivity contribution in [2.75, 3.05) is 5.75 Å². The maximum Gasteiger partial charge on any atom is 0.326 e. The van der Waals surface area contributed by atoms with Crippen LogP contribution in [0.3, 0.4) is 0 Å². The summed E-state index contributed by atoms with van der Waals surface area (Å²) in [6.45, 7) is 3.39. The first-order chi connectivity index (χ1) is 16.4. The van der Waals surface area contributed by atoms with Gasteiger partial charge in [0.2, 0.25) is 23.6 Å². The first kappa shape index (κ1) is 29.7. The maximum absolute atomic E-state index is 13.1. The maximum atomic E-state index is 13.1. The van der Waals surface area contributed by atoms with Gasteiger partial charge in [-0.3, -0.25) is 19.2 Å². The summed E-state index contributed by atoms with van der Waals surface area (Å²) in [5.41, 5.74) is 11.5. The van der Waals surface area contributed by atoms with Crippen LogP contribution in [0.4, 0.5) is 0 Å². The molecule has 194 valence electrons. The zero-order valence-electron chi connectivity index (χ0n) is 19.6. The second-order valence-electron chi connectivity index (χ2n) is 8.16. The molecule has 0 bridgehead atoms. The number of aromatic hydroxyl groups is 1. The number of aliphatic carboxylic acids is 1. The van der Waals surface area contributed by atoms with Crippen LogP contribution in [0.15, 0.2) is 24.3 Å². The molecule has 1 rings (SSSR count). The fraction of sp³-hybridized carbons (Fsp3) is 0.500. The van der Waals surface area contributed by atoms with Crippen molar-refractivity contribution in [1.82, 2.24) is 16.0 Å². The van der Waals surface area contributed by atoms with E-state index < -0.39 is 66.1 Å². The van der Waals surface area contributed by atoms with E-state index in [1.54, 1.807) is 13.8 Å². The smallest absolute Gasteiger partial charge is 0.326 e. The van der Waals surface area contributed by atoms with Gasteiger partial charge in [-0.15, -0.1) is 0 Å². The summed E-state index contributed by atoms with van der Waals surface area (Å²) in [4.78, 5) is 61.4. The van der Waals surface area contributed by atoms with Gasteiger partial charge in [0.1, 0.15) is 23.9 Å². The average molecular weight is 512 g/mol. The van der Waals surface area contributed by atoms with Gasteiger partial charge < -0.3 is 37.6 Å². The molecule has 0 radical (unpaired) electrons. The number of phenolic OH excluding ortho intramolecular Hbond substituents is 1. The quantitative estimate of drug-likeness (QED) is 0.139. The molecule has 4 amide bonds. The fourth-order valence-electron chi connectivity index (χ4n) is 3.06. The molecule has 1 aromatic carbocycles. The van der Waals surface area contributed by atoms with Crippen LogP contribution in [-0.2, 0) is 30.4 Å². The van der Waals surface area contributed by atoms with E-state index in [0.717, 1.165) is 0 Å². The topological polar surface area (TPSA) is 214 Å². The van der Waals surface area contributed by atoms with Crippen LogP contribution in [0.25, 0.3) is 0 Å². The molecule has 9 N–H and O–H groups in total. The van der Waals surface area contributed by atoms with Crippen molar-refractivity contribution in [2.24, 2.45) is 17.4 Å². The lowest BCUT2D eigenvalue weighted by Crippen LogP contribution is -2.59. The highest BCUT2D eigenvalue weighted by Crippen LogP contribution is 2.12. The Morgan fingerprint density at radius 3 is 2.00 bits per heavy atom. The van der Waals surface area contributed by atoms with Gasteiger partial charge in [0, 0.05) is 12.2 Å². The number of nitrogens with one attached hydrogen (secondary N) is 3. The molecular weight excluding hydrogens is 478 g/mol. The van der Waals surface area contributed by atoms with Crippen LogP contribution in [0.1, 0.15) is 32.3 Å². The highest BCUT2D eigenvalue weighted by Gasteiger charge is 2.32. The number of carboxylic acids is 1. The van der Waals surface area contributed by atoms with Crippen molar-refractivity contribution in [3.63, 3.8) is 0 Å². The van der Waals surface area contributed by atoms with Crippen molar-refractivity contribution in [1.29, 1.82) is 0 Å². The minimum absolute atomic E-state index is 0.00312. The summed E-state index contributed by atoms with van der Waals surface area (Å²) >= 11 is 3.97. The summed E-state index contributed by atoms with van der Waals surface area (Å²) in [5, 5.41) is 26.1. The third-order valence-corrected chi connectivity index (χ3v) is 5.75. The Kier molecular flexibility index (Phi) is 12.0. The summed E-state index contributed by atoms with van der Waals surface area (Å²) in [6, 6.07) is 0.918. The zero-order valence-corrected chi connectivity index (χ0v) is 20.5. The standard InChI is InChI=1S/C22H33N5O7S/c1-3-11(2)18(22(33)34)27-21(32)16(9-17(24)29)26-20(31)15(25-19(30)14(23)10-35)8-12-4-6-13(28)7-5-12/h4-7,11,14-16,18,28,35H,3,8-10,23H2,1-2H3,(H2,24,29)(H,25,30)(H,26,31)(H,27,32)(H,33,34). The van der Waals surface area contributed by atoms with E-state index >= 15 is 0 Å². The van der Waals surface area contributed by atoms with Gasteiger partial charge in [-0.2, -0.15) is 12.6 Å². The highest BCUT2D eigenvalue weighted by molar-refractivity contribution is 7.80. The van der Waals surface area contributed by atoms with Crippen molar-refractivity contribution in [3.05, 3.63) is 29.8 Å². The van der Waals surface area contributed by atoms with Crippen LogP contribution in [0.5, 0.6) is 5.75 Å². The van der Waals surface area contributed by atoms with E-state index in [0.29, 0.717) is 12.0 Å². The molecule has 5 unspecified atom stereocenters. The predicted octanol–water partition coefficient (Wildman–Crippen LogP) is -1.35. The van der Waals surface area contributed by atoms with Gasteiger partial charge >= 0.3 is 5.97 Å². The number of rotatable bonds is 14. The van der Waals surface area contributed by atoms with Crippen LogP contribution in [-0.4, -0.2) is 69.7 Å². The van der Waals surface area contributed by atoms with E-state index in [1.807, 2.05) is 0 Å². The molecule has 0 aromatic heterocycles. The largest absolute Gasteiger partial charge is 0.508 e. The number of hydrogen-bond donors (Lipinski definition) is 8. The number of primary amides is 1. The van der Waals surface area contributed by atoms with Gasteiger partial charge in [0.15, 0.2) is 0 Å². The van der Waals surface area contributed by atoms with Gasteiger partial charge in [0.05, 0.1) is 12.5 Å². The lowest BCUT2D eigenvalue weighted by Gasteiger charge is -2.26. The van der Waals surface area contributed by atoms with Crippen LogP contribution >= 0.6 is 12.6 Å². The molecule has 0 spiro atoms. The monoisotopic (exact) mass is 511 g/mol. The Hall–Kier alpha value is -3.32. The Bertz CT molecular complexity index is 912. The molecule has 0 heterocycles. The summed E-state index contributed by atoms with van der Waals surface area (Å²) in [5.74, 6) is -4.99. The van der Waals surface area contributed by atoms with Crippen LogP contribution in [0.2, 0.25) is 0 Å². The third-order valence-electron chi connectivity index (χ3n) is 5.36. The summed E-state index contributed by atoms with van der Waals surface area (Å²) in [7, 11) is 0. The van der Waals surface area contributed by atoms with E-state index in [9.17, 15) is 34.2 Å². The zero-order chi connectivity index (χ0) is 26.7. The number of carboxylic acid groups (broad SMARTS) is 1. The number of thiol groups is 1. The van der Waals surface area contributed by atoms with E-state index in [-0.39, 0.29) is 17.9 Å². The molecule has 0 aliphatic heterocycles. The highest BCUT2D eigenvalue weighted by atomic mass is 32.1. The fourth-order valence-corrected chi connectivity index (χ4v) is 3.22. The molecule has 0 saturated heterocycles. The van der Waals surface area contributed by atoms with E-state index in [2.05, 4.69) is 28.6 Å². The van der Waals surface area contributed by atoms with Gasteiger partial charge in [0.25, 0.3) is 0 Å². The number of carbonyl (C=O) groups excluding carboxylic acids is 4. The van der Waals surface area contributed by atoms with E-state index in [1.165, 1.54) is 24.3 Å². The minimum Gasteiger partial charge on any atom is -0.508 e. The molecule has 1 aromatic rings. The molecule has 0 aliphatic carbocycles. The Labute approximate surface area is 208 Å². The van der Waals surface area contributed by atoms with Gasteiger partial charge in [-0.1, -0.05) is 32.4 Å². The van der Waals surface area contributed by atoms with Crippen LogP contribution in [0, 0.1) is 5.92 Å². The second-order valence-corrected chi connectivity index (χ2v) is 8.53. The summed E-state index contributed by atoms with van der Waals surface area (Å²) in [6.07, 6.45) is -0.177. The number of amides is 4. The second kappa shape index (κ2) is 14.2. The van der Waals surface area contributed by atoms with Crippen LogP contribution < -0.4 is 27.4 Å². The molecule has 0 saturated carbocycles. The molecule has 13 heteroatoms.